The number of benzene rings is 1. The molecule has 0 aromatic heterocycles. The van der Waals surface area contributed by atoms with E-state index < -0.39 is 12.1 Å². The molecule has 1 heterocycles. The molecule has 1 aromatic carbocycles. The molecule has 0 bridgehead atoms. The third kappa shape index (κ3) is 4.26. The lowest BCUT2D eigenvalue weighted by molar-refractivity contribution is -0.123. The molecule has 19 heavy (non-hydrogen) atoms. The van der Waals surface area contributed by atoms with Crippen LogP contribution in [0.3, 0.4) is 0 Å². The van der Waals surface area contributed by atoms with Crippen molar-refractivity contribution in [2.75, 3.05) is 19.8 Å². The number of hydrogen-bond acceptors (Lipinski definition) is 4. The highest BCUT2D eigenvalue weighted by molar-refractivity contribution is 5.85. The zero-order valence-corrected chi connectivity index (χ0v) is 10.4. The summed E-state index contributed by atoms with van der Waals surface area (Å²) in [6.45, 7) is 1.23. The lowest BCUT2D eigenvalue weighted by Gasteiger charge is -2.14. The summed E-state index contributed by atoms with van der Waals surface area (Å²) in [4.78, 5) is 23.1. The Morgan fingerprint density at radius 2 is 2.21 bits per heavy atom. The van der Waals surface area contributed by atoms with Gasteiger partial charge in [0.2, 0.25) is 5.91 Å². The zero-order chi connectivity index (χ0) is 13.5. The smallest absolute Gasteiger partial charge is 0.408 e. The van der Waals surface area contributed by atoms with Crippen molar-refractivity contribution in [3.63, 3.8) is 0 Å². The van der Waals surface area contributed by atoms with Gasteiger partial charge < -0.3 is 20.1 Å². The first-order chi connectivity index (χ1) is 9.25. The third-order valence-corrected chi connectivity index (χ3v) is 2.65. The van der Waals surface area contributed by atoms with Gasteiger partial charge in [0, 0.05) is 6.54 Å². The molecule has 1 saturated heterocycles. The molecule has 0 aliphatic carbocycles. The molecule has 0 unspecified atom stereocenters. The van der Waals surface area contributed by atoms with Crippen LogP contribution in [-0.4, -0.2) is 37.8 Å². The van der Waals surface area contributed by atoms with E-state index in [1.165, 1.54) is 0 Å². The Morgan fingerprint density at radius 3 is 3.00 bits per heavy atom. The van der Waals surface area contributed by atoms with E-state index in [0.29, 0.717) is 13.2 Å². The molecule has 0 radical (unpaired) electrons. The molecule has 1 atom stereocenters. The fourth-order valence-electron chi connectivity index (χ4n) is 1.66. The molecule has 0 spiro atoms. The maximum Gasteiger partial charge on any atom is 0.408 e. The van der Waals surface area contributed by atoms with Crippen LogP contribution in [0.4, 0.5) is 4.79 Å². The summed E-state index contributed by atoms with van der Waals surface area (Å²) in [6, 6.07) is 8.62. The quantitative estimate of drug-likeness (QED) is 0.830. The molecule has 1 aliphatic heterocycles. The average molecular weight is 264 g/mol. The van der Waals surface area contributed by atoms with Crippen LogP contribution >= 0.6 is 0 Å². The molecule has 2 rings (SSSR count). The van der Waals surface area contributed by atoms with E-state index in [2.05, 4.69) is 10.6 Å². The normalized spacial score (nSPS) is 19.2. The molecule has 102 valence electrons. The standard InChI is InChI=1S/C13H16N2O4/c16-12-11(9-18-7-6-14-12)15-13(17)19-8-10-4-2-1-3-5-10/h1-5,11H,6-9H2,(H,14,16)(H,15,17)/t11-/m1/s1. The van der Waals surface area contributed by atoms with Crippen molar-refractivity contribution in [2.45, 2.75) is 12.6 Å². The third-order valence-electron chi connectivity index (χ3n) is 2.65. The molecule has 6 nitrogen and oxygen atoms in total. The van der Waals surface area contributed by atoms with Gasteiger partial charge in [-0.1, -0.05) is 30.3 Å². The van der Waals surface area contributed by atoms with E-state index in [1.54, 1.807) is 0 Å². The fourth-order valence-corrected chi connectivity index (χ4v) is 1.66. The summed E-state index contributed by atoms with van der Waals surface area (Å²) >= 11 is 0. The number of carbonyl (C=O) groups excluding carboxylic acids is 2. The SMILES string of the molecule is O=C(N[C@@H]1COCCNC1=O)OCc1ccccc1. The summed E-state index contributed by atoms with van der Waals surface area (Å²) in [5, 5.41) is 5.12. The highest BCUT2D eigenvalue weighted by Crippen LogP contribution is 2.01. The lowest BCUT2D eigenvalue weighted by Crippen LogP contribution is -2.47. The molecule has 2 amide bonds. The number of nitrogens with one attached hydrogen (secondary N) is 2. The Labute approximate surface area is 111 Å². The van der Waals surface area contributed by atoms with Crippen molar-refractivity contribution in [2.24, 2.45) is 0 Å². The van der Waals surface area contributed by atoms with E-state index in [4.69, 9.17) is 9.47 Å². The number of carbonyl (C=O) groups is 2. The minimum atomic E-state index is -0.703. The maximum atomic E-state index is 11.6. The van der Waals surface area contributed by atoms with Gasteiger partial charge in [-0.25, -0.2) is 4.79 Å². The maximum absolute atomic E-state index is 11.6. The predicted octanol–water partition coefficient (Wildman–Crippen LogP) is 0.428. The Bertz CT molecular complexity index is 436. The summed E-state index contributed by atoms with van der Waals surface area (Å²) < 4.78 is 10.2. The van der Waals surface area contributed by atoms with E-state index in [0.717, 1.165) is 5.56 Å². The van der Waals surface area contributed by atoms with Crippen molar-refractivity contribution in [3.05, 3.63) is 35.9 Å². The van der Waals surface area contributed by atoms with E-state index in [9.17, 15) is 9.59 Å². The predicted molar refractivity (Wildman–Crippen MR) is 67.4 cm³/mol. The van der Waals surface area contributed by atoms with Gasteiger partial charge in [0.1, 0.15) is 12.6 Å². The van der Waals surface area contributed by atoms with Crippen molar-refractivity contribution in [3.8, 4) is 0 Å². The van der Waals surface area contributed by atoms with Gasteiger partial charge in [0.15, 0.2) is 0 Å². The van der Waals surface area contributed by atoms with E-state index in [-0.39, 0.29) is 19.1 Å². The van der Waals surface area contributed by atoms with Crippen molar-refractivity contribution in [1.29, 1.82) is 0 Å². The second-order valence-corrected chi connectivity index (χ2v) is 4.12. The summed E-state index contributed by atoms with van der Waals surface area (Å²) in [7, 11) is 0. The second kappa shape index (κ2) is 6.75. The monoisotopic (exact) mass is 264 g/mol. The molecule has 2 N–H and O–H groups in total. The first-order valence-corrected chi connectivity index (χ1v) is 6.08. The minimum absolute atomic E-state index is 0.159. The van der Waals surface area contributed by atoms with Gasteiger partial charge >= 0.3 is 6.09 Å². The van der Waals surface area contributed by atoms with Gasteiger partial charge in [-0.05, 0) is 5.56 Å². The summed E-state index contributed by atoms with van der Waals surface area (Å²) in [5.74, 6) is -0.255. The van der Waals surface area contributed by atoms with Gasteiger partial charge in [0.25, 0.3) is 0 Å². The van der Waals surface area contributed by atoms with Gasteiger partial charge in [-0.3, -0.25) is 4.79 Å². The average Bonchev–Trinajstić information content (AvgIpc) is 2.63. The van der Waals surface area contributed by atoms with Crippen molar-refractivity contribution < 1.29 is 19.1 Å². The Hall–Kier alpha value is -2.08. The van der Waals surface area contributed by atoms with Crippen LogP contribution in [0.5, 0.6) is 0 Å². The number of amides is 2. The molecule has 6 heteroatoms. The first kappa shape index (κ1) is 13.4. The summed E-state index contributed by atoms with van der Waals surface area (Å²) in [5.41, 5.74) is 0.888. The highest BCUT2D eigenvalue weighted by Gasteiger charge is 2.23. The van der Waals surface area contributed by atoms with Crippen LogP contribution in [0.1, 0.15) is 5.56 Å². The van der Waals surface area contributed by atoms with E-state index >= 15 is 0 Å². The summed E-state index contributed by atoms with van der Waals surface area (Å²) in [6.07, 6.45) is -0.630. The van der Waals surface area contributed by atoms with Crippen LogP contribution < -0.4 is 10.6 Å². The molecule has 1 aliphatic rings. The lowest BCUT2D eigenvalue weighted by atomic mass is 10.2. The topological polar surface area (TPSA) is 76.7 Å². The van der Waals surface area contributed by atoms with Crippen LogP contribution in [-0.2, 0) is 20.9 Å². The minimum Gasteiger partial charge on any atom is -0.445 e. The number of alkyl carbamates (subject to hydrolysis) is 1. The molecular weight excluding hydrogens is 248 g/mol. The molecule has 1 fully saturated rings. The number of hydrogen-bond donors (Lipinski definition) is 2. The number of rotatable bonds is 3. The number of ether oxygens (including phenoxy) is 2. The molecular formula is C13H16N2O4. The Balaban J connectivity index is 1.79. The van der Waals surface area contributed by atoms with Crippen molar-refractivity contribution >= 4 is 12.0 Å². The highest BCUT2D eigenvalue weighted by atomic mass is 16.5. The van der Waals surface area contributed by atoms with Gasteiger partial charge in [-0.15, -0.1) is 0 Å². The molecule has 0 saturated carbocycles. The van der Waals surface area contributed by atoms with Crippen molar-refractivity contribution in [1.82, 2.24) is 10.6 Å². The van der Waals surface area contributed by atoms with Crippen LogP contribution in [0.25, 0.3) is 0 Å². The zero-order valence-electron chi connectivity index (χ0n) is 10.4. The van der Waals surface area contributed by atoms with Crippen LogP contribution in [0, 0.1) is 0 Å². The molecule has 1 aromatic rings. The second-order valence-electron chi connectivity index (χ2n) is 4.12. The Kier molecular flexibility index (Phi) is 4.74. The van der Waals surface area contributed by atoms with Gasteiger partial charge in [0.05, 0.1) is 13.2 Å². The Morgan fingerprint density at radius 1 is 1.42 bits per heavy atom. The van der Waals surface area contributed by atoms with Gasteiger partial charge in [-0.2, -0.15) is 0 Å². The van der Waals surface area contributed by atoms with E-state index in [1.807, 2.05) is 30.3 Å². The largest absolute Gasteiger partial charge is 0.445 e. The fraction of sp³-hybridized carbons (Fsp3) is 0.385. The first-order valence-electron chi connectivity index (χ1n) is 6.08. The van der Waals surface area contributed by atoms with Crippen LogP contribution in [0.2, 0.25) is 0 Å². The van der Waals surface area contributed by atoms with Crippen LogP contribution in [0.15, 0.2) is 30.3 Å².